The van der Waals surface area contributed by atoms with Crippen molar-refractivity contribution in [1.29, 1.82) is 0 Å². The van der Waals surface area contributed by atoms with E-state index in [1.807, 2.05) is 30.5 Å². The number of nitrogens with zero attached hydrogens (tertiary/aromatic N) is 1. The lowest BCUT2D eigenvalue weighted by molar-refractivity contribution is -0.700. The van der Waals surface area contributed by atoms with Crippen LogP contribution in [0.5, 0.6) is 17.4 Å². The number of aromatic nitrogens is 1. The number of pyridine rings is 1. The molecule has 23 heavy (non-hydrogen) atoms. The van der Waals surface area contributed by atoms with E-state index in [1.54, 1.807) is 22.8 Å². The van der Waals surface area contributed by atoms with Crippen LogP contribution in [0.2, 0.25) is 5.02 Å². The normalized spacial score (nSPS) is 10.9. The van der Waals surface area contributed by atoms with E-state index in [0.717, 1.165) is 22.8 Å². The Kier molecular flexibility index (Phi) is 4.26. The summed E-state index contributed by atoms with van der Waals surface area (Å²) in [6.07, 6.45) is 2.59. The number of phenolic OH excluding ortho intramolecular Hbond substituents is 1. The standard InChI is InChI=1S/C18H16ClNO3/c1-23-17-9-14-11-20(18(22)10-13(14)8-16(17)21)6-5-12-3-2-4-15(19)7-12/h2-4,7-11H,5-6H2,1H3,(H,21,22)/p+1. The zero-order valence-corrected chi connectivity index (χ0v) is 13.4. The predicted octanol–water partition coefficient (Wildman–Crippen LogP) is 3.44. The molecule has 1 heterocycles. The van der Waals surface area contributed by atoms with Crippen LogP contribution in [0.15, 0.2) is 48.7 Å². The van der Waals surface area contributed by atoms with Crippen LogP contribution in [-0.4, -0.2) is 17.3 Å². The Morgan fingerprint density at radius 1 is 1.09 bits per heavy atom. The second-order valence-electron chi connectivity index (χ2n) is 5.36. The number of hydrogen-bond acceptors (Lipinski definition) is 3. The Balaban J connectivity index is 1.91. The molecule has 118 valence electrons. The lowest BCUT2D eigenvalue weighted by atomic mass is 10.1. The van der Waals surface area contributed by atoms with Gasteiger partial charge in [-0.25, -0.2) is 0 Å². The number of methoxy groups -OCH3 is 1. The Bertz CT molecular complexity index is 864. The van der Waals surface area contributed by atoms with Gasteiger partial charge in [-0.1, -0.05) is 23.7 Å². The molecule has 5 heteroatoms. The summed E-state index contributed by atoms with van der Waals surface area (Å²) in [5, 5.41) is 22.3. The molecule has 0 saturated heterocycles. The fraction of sp³-hybridized carbons (Fsp3) is 0.167. The average molecular weight is 331 g/mol. The predicted molar refractivity (Wildman–Crippen MR) is 89.2 cm³/mol. The molecule has 0 saturated carbocycles. The highest BCUT2D eigenvalue weighted by atomic mass is 35.5. The molecule has 0 fully saturated rings. The van der Waals surface area contributed by atoms with Crippen LogP contribution in [0, 0.1) is 0 Å². The number of benzene rings is 2. The van der Waals surface area contributed by atoms with E-state index < -0.39 is 0 Å². The van der Waals surface area contributed by atoms with Crippen molar-refractivity contribution in [3.05, 3.63) is 59.2 Å². The van der Waals surface area contributed by atoms with Crippen LogP contribution in [0.1, 0.15) is 5.56 Å². The Labute approximate surface area is 139 Å². The van der Waals surface area contributed by atoms with Crippen LogP contribution in [0.3, 0.4) is 0 Å². The summed E-state index contributed by atoms with van der Waals surface area (Å²) in [5.74, 6) is 0.602. The third-order valence-corrected chi connectivity index (χ3v) is 4.02. The van der Waals surface area contributed by atoms with Crippen molar-refractivity contribution >= 4 is 22.4 Å². The van der Waals surface area contributed by atoms with Crippen LogP contribution in [-0.2, 0) is 13.0 Å². The molecule has 3 rings (SSSR count). The van der Waals surface area contributed by atoms with Gasteiger partial charge >= 0.3 is 5.88 Å². The molecule has 0 amide bonds. The molecule has 0 atom stereocenters. The number of phenols is 1. The SMILES string of the molecule is COc1cc2c[n+](CCc3cccc(Cl)c3)c(O)cc2cc1O. The van der Waals surface area contributed by atoms with Crippen molar-refractivity contribution in [2.24, 2.45) is 0 Å². The summed E-state index contributed by atoms with van der Waals surface area (Å²) in [7, 11) is 1.51. The molecule has 3 aromatic rings. The fourth-order valence-corrected chi connectivity index (χ4v) is 2.79. The van der Waals surface area contributed by atoms with Crippen LogP contribution in [0.25, 0.3) is 10.8 Å². The molecule has 1 aromatic heterocycles. The molecular formula is C18H17ClNO3+. The molecule has 2 N–H and O–H groups in total. The maximum Gasteiger partial charge on any atom is 0.365 e. The summed E-state index contributed by atoms with van der Waals surface area (Å²) in [6, 6.07) is 12.6. The number of ether oxygens (including phenoxy) is 1. The summed E-state index contributed by atoms with van der Waals surface area (Å²) in [5.41, 5.74) is 1.10. The minimum atomic E-state index is 0.0519. The van der Waals surface area contributed by atoms with Gasteiger partial charge in [-0.05, 0) is 29.8 Å². The molecule has 0 aliphatic carbocycles. The van der Waals surface area contributed by atoms with Gasteiger partial charge in [0.2, 0.25) is 0 Å². The first-order valence-corrected chi connectivity index (χ1v) is 7.62. The Morgan fingerprint density at radius 2 is 1.91 bits per heavy atom. The maximum atomic E-state index is 10.2. The molecule has 0 aliphatic rings. The topological polar surface area (TPSA) is 53.6 Å². The van der Waals surface area contributed by atoms with E-state index in [4.69, 9.17) is 16.3 Å². The number of aryl methyl sites for hydroxylation is 2. The van der Waals surface area contributed by atoms with Gasteiger partial charge in [0.1, 0.15) is 0 Å². The van der Waals surface area contributed by atoms with Crippen molar-refractivity contribution in [2.75, 3.05) is 7.11 Å². The largest absolute Gasteiger partial charge is 0.504 e. The molecule has 0 aliphatic heterocycles. The van der Waals surface area contributed by atoms with Gasteiger partial charge in [0.15, 0.2) is 24.2 Å². The summed E-state index contributed by atoms with van der Waals surface area (Å²) < 4.78 is 6.89. The van der Waals surface area contributed by atoms with Crippen LogP contribution >= 0.6 is 11.6 Å². The van der Waals surface area contributed by atoms with E-state index >= 15 is 0 Å². The van der Waals surface area contributed by atoms with Gasteiger partial charge in [-0.3, -0.25) is 0 Å². The van der Waals surface area contributed by atoms with Crippen LogP contribution < -0.4 is 9.30 Å². The summed E-state index contributed by atoms with van der Waals surface area (Å²) in [4.78, 5) is 0. The van der Waals surface area contributed by atoms with Gasteiger partial charge in [0.05, 0.1) is 13.2 Å². The highest BCUT2D eigenvalue weighted by molar-refractivity contribution is 6.30. The first kappa shape index (κ1) is 15.4. The van der Waals surface area contributed by atoms with E-state index in [1.165, 1.54) is 7.11 Å². The summed E-state index contributed by atoms with van der Waals surface area (Å²) >= 11 is 5.99. The Morgan fingerprint density at radius 3 is 2.65 bits per heavy atom. The maximum absolute atomic E-state index is 10.2. The third kappa shape index (κ3) is 3.32. The molecular weight excluding hydrogens is 314 g/mol. The highest BCUT2D eigenvalue weighted by Crippen LogP contribution is 2.31. The monoisotopic (exact) mass is 330 g/mol. The molecule has 0 spiro atoms. The van der Waals surface area contributed by atoms with Gasteiger partial charge in [0, 0.05) is 22.2 Å². The quantitative estimate of drug-likeness (QED) is 0.720. The van der Waals surface area contributed by atoms with Crippen molar-refractivity contribution in [3.63, 3.8) is 0 Å². The number of halogens is 1. The van der Waals surface area contributed by atoms with Gasteiger partial charge < -0.3 is 14.9 Å². The fourth-order valence-electron chi connectivity index (χ4n) is 2.58. The molecule has 0 unspecified atom stereocenters. The van der Waals surface area contributed by atoms with Crippen molar-refractivity contribution in [2.45, 2.75) is 13.0 Å². The van der Waals surface area contributed by atoms with E-state index in [-0.39, 0.29) is 11.6 Å². The first-order chi connectivity index (χ1) is 11.1. The van der Waals surface area contributed by atoms with Gasteiger partial charge in [-0.15, -0.1) is 0 Å². The van der Waals surface area contributed by atoms with Crippen molar-refractivity contribution in [1.82, 2.24) is 0 Å². The lowest BCUT2D eigenvalue weighted by Gasteiger charge is -2.06. The molecule has 4 nitrogen and oxygen atoms in total. The smallest absolute Gasteiger partial charge is 0.365 e. The zero-order valence-electron chi connectivity index (χ0n) is 12.7. The molecule has 0 radical (unpaired) electrons. The Hall–Kier alpha value is -2.46. The number of rotatable bonds is 4. The minimum Gasteiger partial charge on any atom is -0.504 e. The lowest BCUT2D eigenvalue weighted by Crippen LogP contribution is -2.34. The van der Waals surface area contributed by atoms with Crippen molar-refractivity contribution < 1.29 is 19.5 Å². The van der Waals surface area contributed by atoms with E-state index in [2.05, 4.69) is 0 Å². The van der Waals surface area contributed by atoms with E-state index in [9.17, 15) is 10.2 Å². The van der Waals surface area contributed by atoms with Gasteiger partial charge in [0.25, 0.3) is 0 Å². The van der Waals surface area contributed by atoms with Gasteiger partial charge in [-0.2, -0.15) is 4.57 Å². The second kappa shape index (κ2) is 6.34. The second-order valence-corrected chi connectivity index (χ2v) is 5.79. The first-order valence-electron chi connectivity index (χ1n) is 7.24. The number of hydrogen-bond donors (Lipinski definition) is 2. The average Bonchev–Trinajstić information content (AvgIpc) is 2.52. The zero-order chi connectivity index (χ0) is 16.4. The van der Waals surface area contributed by atoms with E-state index in [0.29, 0.717) is 17.3 Å². The van der Waals surface area contributed by atoms with Crippen molar-refractivity contribution in [3.8, 4) is 17.4 Å². The van der Waals surface area contributed by atoms with Crippen LogP contribution in [0.4, 0.5) is 0 Å². The molecule has 2 aromatic carbocycles. The highest BCUT2D eigenvalue weighted by Gasteiger charge is 2.14. The molecule has 0 bridgehead atoms. The summed E-state index contributed by atoms with van der Waals surface area (Å²) in [6.45, 7) is 0.616. The minimum absolute atomic E-state index is 0.0519. The number of aromatic hydroxyl groups is 2. The third-order valence-electron chi connectivity index (χ3n) is 3.79. The number of fused-ring (bicyclic) bond motifs is 1.